The highest BCUT2D eigenvalue weighted by molar-refractivity contribution is 6.28. The van der Waals surface area contributed by atoms with Gasteiger partial charge in [0.25, 0.3) is 0 Å². The largest absolute Gasteiger partial charge is 0.391 e. The fourth-order valence-corrected chi connectivity index (χ4v) is 2.36. The fraction of sp³-hybridized carbons (Fsp3) is 0.636. The second kappa shape index (κ2) is 6.12. The molecular weight excluding hydrogens is 272 g/mol. The maximum absolute atomic E-state index is 10.9. The molecule has 2 unspecified atom stereocenters. The zero-order chi connectivity index (χ0) is 13.8. The molecule has 0 bridgehead atoms. The molecule has 1 aromatic heterocycles. The molecule has 7 nitrogen and oxygen atoms in total. The summed E-state index contributed by atoms with van der Waals surface area (Å²) >= 11 is 5.66. The van der Waals surface area contributed by atoms with Crippen molar-refractivity contribution in [3.05, 3.63) is 21.6 Å². The summed E-state index contributed by atoms with van der Waals surface area (Å²) in [6.45, 7) is 0. The zero-order valence-electron chi connectivity index (χ0n) is 10.3. The summed E-state index contributed by atoms with van der Waals surface area (Å²) in [7, 11) is 0. The summed E-state index contributed by atoms with van der Waals surface area (Å²) in [4.78, 5) is 17.8. The van der Waals surface area contributed by atoms with Crippen LogP contribution in [0.25, 0.3) is 0 Å². The van der Waals surface area contributed by atoms with Gasteiger partial charge in [0.2, 0.25) is 11.1 Å². The van der Waals surface area contributed by atoms with Gasteiger partial charge in [0.05, 0.1) is 17.1 Å². The minimum Gasteiger partial charge on any atom is -0.391 e. The number of nitrogens with zero attached hydrogens (tertiary/aromatic N) is 3. The van der Waals surface area contributed by atoms with E-state index in [1.807, 2.05) is 0 Å². The van der Waals surface area contributed by atoms with Crippen LogP contribution in [0.5, 0.6) is 0 Å². The van der Waals surface area contributed by atoms with Crippen molar-refractivity contribution in [2.24, 2.45) is 0 Å². The van der Waals surface area contributed by atoms with E-state index < -0.39 is 11.0 Å². The third kappa shape index (κ3) is 3.51. The molecule has 2 atom stereocenters. The number of rotatable bonds is 3. The van der Waals surface area contributed by atoms with Gasteiger partial charge in [-0.15, -0.1) is 0 Å². The highest BCUT2D eigenvalue weighted by atomic mass is 35.5. The Balaban J connectivity index is 2.21. The molecule has 0 amide bonds. The number of anilines is 1. The molecule has 104 valence electrons. The van der Waals surface area contributed by atoms with Gasteiger partial charge in [-0.3, -0.25) is 10.1 Å². The average molecular weight is 287 g/mol. The molecule has 0 radical (unpaired) electrons. The first kappa shape index (κ1) is 14.0. The van der Waals surface area contributed by atoms with Crippen molar-refractivity contribution in [2.75, 3.05) is 5.32 Å². The lowest BCUT2D eigenvalue weighted by atomic mass is 10.1. The maximum atomic E-state index is 10.9. The number of aliphatic hydroxyl groups excluding tert-OH is 1. The number of aromatic nitrogens is 2. The zero-order valence-corrected chi connectivity index (χ0v) is 11.0. The van der Waals surface area contributed by atoms with Crippen molar-refractivity contribution in [1.29, 1.82) is 0 Å². The topological polar surface area (TPSA) is 101 Å². The van der Waals surface area contributed by atoms with Gasteiger partial charge in [0, 0.05) is 0 Å². The van der Waals surface area contributed by atoms with Crippen LogP contribution in [0.15, 0.2) is 6.20 Å². The van der Waals surface area contributed by atoms with Gasteiger partial charge in [-0.05, 0) is 24.4 Å². The molecule has 19 heavy (non-hydrogen) atoms. The predicted octanol–water partition coefficient (Wildman–Crippen LogP) is 2.14. The SMILES string of the molecule is O=[N+]([O-])c1cnc(Cl)nc1NC1CCCCCC1O. The van der Waals surface area contributed by atoms with Gasteiger partial charge in [-0.2, -0.15) is 4.98 Å². The van der Waals surface area contributed by atoms with E-state index in [1.54, 1.807) is 0 Å². The first-order chi connectivity index (χ1) is 9.08. The van der Waals surface area contributed by atoms with Crippen LogP contribution in [-0.2, 0) is 0 Å². The summed E-state index contributed by atoms with van der Waals surface area (Å²) in [5, 5.41) is 23.8. The summed E-state index contributed by atoms with van der Waals surface area (Å²) in [6, 6.07) is -0.243. The van der Waals surface area contributed by atoms with E-state index in [2.05, 4.69) is 15.3 Å². The Hall–Kier alpha value is -1.47. The van der Waals surface area contributed by atoms with E-state index in [1.165, 1.54) is 0 Å². The van der Waals surface area contributed by atoms with Gasteiger partial charge in [-0.25, -0.2) is 4.98 Å². The average Bonchev–Trinajstić information content (AvgIpc) is 2.55. The number of hydrogen-bond acceptors (Lipinski definition) is 6. The molecule has 2 N–H and O–H groups in total. The standard InChI is InChI=1S/C11H15ClN4O3/c12-11-13-6-8(16(18)19)10(15-11)14-7-4-2-1-3-5-9(7)17/h6-7,9,17H,1-5H2,(H,13,14,15). The first-order valence-electron chi connectivity index (χ1n) is 6.19. The summed E-state index contributed by atoms with van der Waals surface area (Å²) in [5.41, 5.74) is -0.235. The van der Waals surface area contributed by atoms with Crippen LogP contribution in [0.4, 0.5) is 11.5 Å². The Labute approximate surface area is 115 Å². The van der Waals surface area contributed by atoms with Crippen molar-refractivity contribution >= 4 is 23.1 Å². The molecule has 2 rings (SSSR count). The van der Waals surface area contributed by atoms with Crippen LogP contribution in [0.2, 0.25) is 5.28 Å². The van der Waals surface area contributed by atoms with Crippen LogP contribution >= 0.6 is 11.6 Å². The maximum Gasteiger partial charge on any atom is 0.329 e. The molecule has 0 aliphatic heterocycles. The van der Waals surface area contributed by atoms with Crippen molar-refractivity contribution < 1.29 is 10.0 Å². The Bertz CT molecular complexity index is 471. The van der Waals surface area contributed by atoms with Gasteiger partial charge in [0.1, 0.15) is 6.20 Å². The Morgan fingerprint density at radius 2 is 2.16 bits per heavy atom. The molecule has 1 aromatic rings. The van der Waals surface area contributed by atoms with Crippen LogP contribution in [-0.4, -0.2) is 32.1 Å². The quantitative estimate of drug-likeness (QED) is 0.382. The van der Waals surface area contributed by atoms with Gasteiger partial charge >= 0.3 is 5.69 Å². The smallest absolute Gasteiger partial charge is 0.329 e. The van der Waals surface area contributed by atoms with Crippen LogP contribution in [0.3, 0.4) is 0 Å². The van der Waals surface area contributed by atoms with E-state index in [0.717, 1.165) is 31.9 Å². The number of nitro groups is 1. The Morgan fingerprint density at radius 3 is 2.89 bits per heavy atom. The molecule has 1 heterocycles. The molecule has 1 saturated carbocycles. The van der Waals surface area contributed by atoms with Crippen LogP contribution < -0.4 is 5.32 Å². The third-order valence-corrected chi connectivity index (χ3v) is 3.42. The lowest BCUT2D eigenvalue weighted by molar-refractivity contribution is -0.384. The molecule has 1 fully saturated rings. The summed E-state index contributed by atoms with van der Waals surface area (Å²) in [6.07, 6.45) is 4.97. The highest BCUT2D eigenvalue weighted by Gasteiger charge is 2.25. The molecule has 0 aromatic carbocycles. The second-order valence-electron chi connectivity index (χ2n) is 4.59. The van der Waals surface area contributed by atoms with Gasteiger partial charge in [-0.1, -0.05) is 19.3 Å². The molecular formula is C11H15ClN4O3. The summed E-state index contributed by atoms with van der Waals surface area (Å²) < 4.78 is 0. The van der Waals surface area contributed by atoms with Crippen LogP contribution in [0.1, 0.15) is 32.1 Å². The van der Waals surface area contributed by atoms with Crippen molar-refractivity contribution in [3.8, 4) is 0 Å². The monoisotopic (exact) mass is 286 g/mol. The Morgan fingerprint density at radius 1 is 1.42 bits per heavy atom. The Kier molecular flexibility index (Phi) is 4.49. The molecule has 1 aliphatic rings. The van der Waals surface area contributed by atoms with Crippen molar-refractivity contribution in [3.63, 3.8) is 0 Å². The first-order valence-corrected chi connectivity index (χ1v) is 6.57. The molecule has 0 spiro atoms. The van der Waals surface area contributed by atoms with Crippen molar-refractivity contribution in [2.45, 2.75) is 44.2 Å². The number of halogens is 1. The minimum absolute atomic E-state index is 0.0591. The minimum atomic E-state index is -0.568. The lowest BCUT2D eigenvalue weighted by Crippen LogP contribution is -2.33. The van der Waals surface area contributed by atoms with E-state index >= 15 is 0 Å². The van der Waals surface area contributed by atoms with E-state index in [-0.39, 0.29) is 22.8 Å². The van der Waals surface area contributed by atoms with E-state index in [0.29, 0.717) is 6.42 Å². The van der Waals surface area contributed by atoms with E-state index in [9.17, 15) is 15.2 Å². The molecule has 0 saturated heterocycles. The van der Waals surface area contributed by atoms with E-state index in [4.69, 9.17) is 11.6 Å². The normalized spacial score (nSPS) is 23.7. The number of hydrogen-bond donors (Lipinski definition) is 2. The summed E-state index contributed by atoms with van der Waals surface area (Å²) in [5.74, 6) is 0.0657. The highest BCUT2D eigenvalue weighted by Crippen LogP contribution is 2.26. The lowest BCUT2D eigenvalue weighted by Gasteiger charge is -2.21. The molecule has 8 heteroatoms. The third-order valence-electron chi connectivity index (χ3n) is 3.24. The number of nitrogens with one attached hydrogen (secondary N) is 1. The fourth-order valence-electron chi connectivity index (χ4n) is 2.23. The number of aliphatic hydroxyl groups is 1. The molecule has 1 aliphatic carbocycles. The predicted molar refractivity (Wildman–Crippen MR) is 70.2 cm³/mol. The second-order valence-corrected chi connectivity index (χ2v) is 4.92. The van der Waals surface area contributed by atoms with Gasteiger partial charge in [0.15, 0.2) is 0 Å². The van der Waals surface area contributed by atoms with Gasteiger partial charge < -0.3 is 10.4 Å². The van der Waals surface area contributed by atoms with Crippen molar-refractivity contribution in [1.82, 2.24) is 9.97 Å². The van der Waals surface area contributed by atoms with Crippen LogP contribution in [0, 0.1) is 10.1 Å².